The molecule has 0 bridgehead atoms. The van der Waals surface area contributed by atoms with Gasteiger partial charge in [0.25, 0.3) is 0 Å². The van der Waals surface area contributed by atoms with Gasteiger partial charge in [-0.05, 0) is 81.0 Å². The first-order chi connectivity index (χ1) is 16.9. The Morgan fingerprint density at radius 2 is 1.03 bits per heavy atom. The van der Waals surface area contributed by atoms with E-state index in [-0.39, 0.29) is 44.4 Å². The average Bonchev–Trinajstić information content (AvgIpc) is 2.76. The summed E-state index contributed by atoms with van der Waals surface area (Å²) in [4.78, 5) is 0. The van der Waals surface area contributed by atoms with Crippen LogP contribution in [0.5, 0.6) is 0 Å². The second-order valence-corrected chi connectivity index (χ2v) is 11.9. The molecule has 0 aromatic rings. The Kier molecular flexibility index (Phi) is 8.82. The van der Waals surface area contributed by atoms with E-state index < -0.39 is 91.4 Å². The van der Waals surface area contributed by atoms with E-state index in [1.165, 1.54) is 0 Å². The van der Waals surface area contributed by atoms with E-state index >= 15 is 0 Å². The van der Waals surface area contributed by atoms with Gasteiger partial charge in [-0.2, -0.15) is 8.78 Å². The van der Waals surface area contributed by atoms with Crippen molar-refractivity contribution >= 4 is 0 Å². The molecule has 0 aliphatic heterocycles. The molecule has 4 aliphatic rings. The summed E-state index contributed by atoms with van der Waals surface area (Å²) in [7, 11) is 0. The predicted molar refractivity (Wildman–Crippen MR) is 117 cm³/mol. The van der Waals surface area contributed by atoms with E-state index in [4.69, 9.17) is 4.74 Å². The van der Waals surface area contributed by atoms with E-state index in [0.29, 0.717) is 12.8 Å². The standard InChI is InChI=1S/C26H37F9O/c1-12-2-4-16(18(27)6-12)13-7-20(29)24(21(30)8-13)26(34,35)36-15-3-5-17(19(28)11-15)14-9-22(31)25(33)23(32)10-14/h12-25H,2-11H2,1H3. The Hall–Kier alpha value is -0.670. The highest BCUT2D eigenvalue weighted by atomic mass is 19.3. The summed E-state index contributed by atoms with van der Waals surface area (Å²) in [5.41, 5.74) is 0. The van der Waals surface area contributed by atoms with Crippen LogP contribution in [0, 0.1) is 35.5 Å². The molecule has 10 unspecified atom stereocenters. The van der Waals surface area contributed by atoms with Gasteiger partial charge in [-0.15, -0.1) is 0 Å². The molecule has 0 N–H and O–H groups in total. The Morgan fingerprint density at radius 1 is 0.556 bits per heavy atom. The van der Waals surface area contributed by atoms with Crippen LogP contribution in [-0.2, 0) is 4.74 Å². The number of ether oxygens (including phenoxy) is 1. The molecule has 4 fully saturated rings. The SMILES string of the molecule is CC1CCC(C2CC(F)C(C(F)(F)OC3CCC(C4CC(F)C(F)C(F)C4)C(F)C3)C(F)C2)C(F)C1. The number of alkyl halides is 9. The summed E-state index contributed by atoms with van der Waals surface area (Å²) >= 11 is 0. The summed E-state index contributed by atoms with van der Waals surface area (Å²) in [6, 6.07) is 0. The molecule has 0 aromatic heterocycles. The molecule has 210 valence electrons. The molecule has 4 aliphatic carbocycles. The van der Waals surface area contributed by atoms with E-state index in [1.807, 2.05) is 6.92 Å². The van der Waals surface area contributed by atoms with Gasteiger partial charge >= 0.3 is 6.11 Å². The summed E-state index contributed by atoms with van der Waals surface area (Å²) in [6.07, 6.45) is -19.6. The van der Waals surface area contributed by atoms with Gasteiger partial charge in [-0.25, -0.2) is 30.7 Å². The minimum Gasteiger partial charge on any atom is -0.317 e. The molecule has 0 spiro atoms. The van der Waals surface area contributed by atoms with Crippen molar-refractivity contribution in [2.75, 3.05) is 0 Å². The molecule has 0 aromatic carbocycles. The zero-order valence-corrected chi connectivity index (χ0v) is 20.5. The summed E-state index contributed by atoms with van der Waals surface area (Å²) in [6.45, 7) is 1.91. The van der Waals surface area contributed by atoms with Gasteiger partial charge in [0.05, 0.1) is 6.10 Å². The van der Waals surface area contributed by atoms with Gasteiger partial charge < -0.3 is 4.74 Å². The van der Waals surface area contributed by atoms with Gasteiger partial charge in [0.1, 0.15) is 42.9 Å². The smallest absolute Gasteiger partial charge is 0.317 e. The molecule has 36 heavy (non-hydrogen) atoms. The number of hydrogen-bond acceptors (Lipinski definition) is 1. The fourth-order valence-electron chi connectivity index (χ4n) is 7.38. The first kappa shape index (κ1) is 28.3. The van der Waals surface area contributed by atoms with Gasteiger partial charge in [-0.3, -0.25) is 0 Å². The zero-order chi connectivity index (χ0) is 26.4. The number of rotatable bonds is 5. The first-order valence-corrected chi connectivity index (χ1v) is 13.4. The van der Waals surface area contributed by atoms with Crippen molar-refractivity contribution < 1.29 is 44.3 Å². The third-order valence-corrected chi connectivity index (χ3v) is 9.36. The third-order valence-electron chi connectivity index (χ3n) is 9.36. The maximum atomic E-state index is 15.0. The van der Waals surface area contributed by atoms with Crippen LogP contribution in [0.25, 0.3) is 0 Å². The Labute approximate surface area is 206 Å². The highest BCUT2D eigenvalue weighted by Crippen LogP contribution is 2.50. The maximum Gasteiger partial charge on any atom is 0.364 e. The van der Waals surface area contributed by atoms with Crippen molar-refractivity contribution in [2.24, 2.45) is 35.5 Å². The summed E-state index contributed by atoms with van der Waals surface area (Å²) in [5, 5.41) is 0. The molecule has 0 saturated heterocycles. The predicted octanol–water partition coefficient (Wildman–Crippen LogP) is 8.00. The largest absolute Gasteiger partial charge is 0.364 e. The van der Waals surface area contributed by atoms with Gasteiger partial charge in [0, 0.05) is 6.42 Å². The highest BCUT2D eigenvalue weighted by molar-refractivity contribution is 4.97. The van der Waals surface area contributed by atoms with Crippen LogP contribution in [-0.4, -0.2) is 55.4 Å². The lowest BCUT2D eigenvalue weighted by Gasteiger charge is -2.44. The van der Waals surface area contributed by atoms with E-state index in [2.05, 4.69) is 0 Å². The van der Waals surface area contributed by atoms with Gasteiger partial charge in [0.2, 0.25) is 0 Å². The van der Waals surface area contributed by atoms with Gasteiger partial charge in [-0.1, -0.05) is 13.3 Å². The first-order valence-electron chi connectivity index (χ1n) is 13.4. The van der Waals surface area contributed by atoms with Crippen LogP contribution in [0.2, 0.25) is 0 Å². The fourth-order valence-corrected chi connectivity index (χ4v) is 7.38. The lowest BCUT2D eigenvalue weighted by molar-refractivity contribution is -0.322. The summed E-state index contributed by atoms with van der Waals surface area (Å²) in [5.74, 6) is -4.94. The molecule has 10 atom stereocenters. The topological polar surface area (TPSA) is 9.23 Å². The van der Waals surface area contributed by atoms with Crippen LogP contribution in [0.15, 0.2) is 0 Å². The Bertz CT molecular complexity index is 702. The number of hydrogen-bond donors (Lipinski definition) is 0. The fraction of sp³-hybridized carbons (Fsp3) is 1.00. The minimum absolute atomic E-state index is 0.00577. The second kappa shape index (κ2) is 11.2. The van der Waals surface area contributed by atoms with E-state index in [9.17, 15) is 39.5 Å². The van der Waals surface area contributed by atoms with Crippen molar-refractivity contribution in [3.63, 3.8) is 0 Å². The quantitative estimate of drug-likeness (QED) is 0.324. The molecular formula is C26H37F9O. The van der Waals surface area contributed by atoms with E-state index in [0.717, 1.165) is 6.42 Å². The van der Waals surface area contributed by atoms with Crippen LogP contribution in [0.1, 0.15) is 71.1 Å². The Morgan fingerprint density at radius 3 is 1.53 bits per heavy atom. The summed E-state index contributed by atoms with van der Waals surface area (Å²) < 4.78 is 135. The molecule has 4 rings (SSSR count). The molecule has 1 nitrogen and oxygen atoms in total. The van der Waals surface area contributed by atoms with Crippen LogP contribution >= 0.6 is 0 Å². The maximum absolute atomic E-state index is 15.0. The van der Waals surface area contributed by atoms with Crippen molar-refractivity contribution in [2.45, 2.75) is 127 Å². The van der Waals surface area contributed by atoms with Crippen molar-refractivity contribution in [3.05, 3.63) is 0 Å². The zero-order valence-electron chi connectivity index (χ0n) is 20.5. The van der Waals surface area contributed by atoms with Crippen LogP contribution in [0.4, 0.5) is 39.5 Å². The monoisotopic (exact) mass is 536 g/mol. The number of halogens is 9. The average molecular weight is 537 g/mol. The second-order valence-electron chi connectivity index (χ2n) is 11.9. The minimum atomic E-state index is -4.18. The Balaban J connectivity index is 1.32. The van der Waals surface area contributed by atoms with Crippen molar-refractivity contribution in [3.8, 4) is 0 Å². The van der Waals surface area contributed by atoms with Crippen molar-refractivity contribution in [1.82, 2.24) is 0 Å². The third kappa shape index (κ3) is 5.98. The molecule has 10 heteroatoms. The van der Waals surface area contributed by atoms with E-state index in [1.54, 1.807) is 0 Å². The molecule has 0 radical (unpaired) electrons. The normalized spacial score (nSPS) is 51.2. The lowest BCUT2D eigenvalue weighted by atomic mass is 9.67. The van der Waals surface area contributed by atoms with Crippen molar-refractivity contribution in [1.29, 1.82) is 0 Å². The molecular weight excluding hydrogens is 499 g/mol. The molecule has 0 amide bonds. The van der Waals surface area contributed by atoms with Gasteiger partial charge in [0.15, 0.2) is 6.17 Å². The lowest BCUT2D eigenvalue weighted by Crippen LogP contribution is -2.52. The molecule has 0 heterocycles. The van der Waals surface area contributed by atoms with Crippen LogP contribution < -0.4 is 0 Å². The van der Waals surface area contributed by atoms with Crippen LogP contribution in [0.3, 0.4) is 0 Å². The molecule has 4 saturated carbocycles. The highest BCUT2D eigenvalue weighted by Gasteiger charge is 2.57.